The molecule has 1 atom stereocenters. The highest BCUT2D eigenvalue weighted by Crippen LogP contribution is 2.16. The zero-order chi connectivity index (χ0) is 15.5. The molecule has 5 heteroatoms. The second-order valence-corrected chi connectivity index (χ2v) is 8.33. The van der Waals surface area contributed by atoms with Crippen molar-refractivity contribution in [2.45, 2.75) is 24.4 Å². The van der Waals surface area contributed by atoms with Crippen molar-refractivity contribution in [3.05, 3.63) is 63.2 Å². The van der Waals surface area contributed by atoms with Crippen molar-refractivity contribution in [3.63, 3.8) is 0 Å². The molecular weight excluding hydrogens is 397 g/mol. The molecule has 0 radical (unpaired) electrons. The van der Waals surface area contributed by atoms with Crippen LogP contribution in [0, 0.1) is 3.57 Å². The first-order chi connectivity index (χ1) is 9.86. The molecule has 0 bridgehead atoms. The van der Waals surface area contributed by atoms with Crippen LogP contribution in [0.25, 0.3) is 0 Å². The fourth-order valence-corrected chi connectivity index (χ4v) is 2.98. The predicted octanol–water partition coefficient (Wildman–Crippen LogP) is 3.55. The summed E-state index contributed by atoms with van der Waals surface area (Å²) in [6.07, 6.45) is 1.22. The molecule has 2 aromatic carbocycles. The van der Waals surface area contributed by atoms with E-state index in [-0.39, 0.29) is 6.04 Å². The first-order valence-electron chi connectivity index (χ1n) is 6.64. The summed E-state index contributed by atoms with van der Waals surface area (Å²) in [5.41, 5.74) is 2.31. The summed E-state index contributed by atoms with van der Waals surface area (Å²) in [5, 5.41) is 3.44. The number of hydrogen-bond acceptors (Lipinski definition) is 3. The van der Waals surface area contributed by atoms with Crippen LogP contribution in [0.2, 0.25) is 0 Å². The Hall–Kier alpha value is -0.920. The van der Waals surface area contributed by atoms with E-state index in [0.29, 0.717) is 11.4 Å². The number of nitrogens with one attached hydrogen (secondary N) is 1. The average molecular weight is 415 g/mol. The Kier molecular flexibility index (Phi) is 5.40. The minimum atomic E-state index is -3.12. The highest BCUT2D eigenvalue weighted by molar-refractivity contribution is 14.1. The zero-order valence-electron chi connectivity index (χ0n) is 12.0. The number of sulfone groups is 1. The normalized spacial score (nSPS) is 13.1. The number of hydrogen-bond donors (Lipinski definition) is 1. The van der Waals surface area contributed by atoms with Gasteiger partial charge in [0.2, 0.25) is 0 Å². The summed E-state index contributed by atoms with van der Waals surface area (Å²) >= 11 is 2.29. The maximum absolute atomic E-state index is 11.4. The monoisotopic (exact) mass is 415 g/mol. The highest BCUT2D eigenvalue weighted by Gasteiger charge is 2.07. The first-order valence-corrected chi connectivity index (χ1v) is 9.61. The Morgan fingerprint density at radius 1 is 1.05 bits per heavy atom. The molecule has 0 aliphatic carbocycles. The molecular formula is C16H18INO2S. The molecule has 0 saturated heterocycles. The van der Waals surface area contributed by atoms with E-state index in [0.717, 1.165) is 5.56 Å². The Morgan fingerprint density at radius 3 is 2.14 bits per heavy atom. The standard InChI is InChI=1S/C16H18INO2S/c1-12(14-5-7-15(17)8-6-14)18-11-13-3-9-16(10-4-13)21(2,19)20/h3-10,12,18H,11H2,1-2H3. The highest BCUT2D eigenvalue weighted by atomic mass is 127. The molecule has 0 aromatic heterocycles. The van der Waals surface area contributed by atoms with Crippen molar-refractivity contribution in [1.29, 1.82) is 0 Å². The lowest BCUT2D eigenvalue weighted by molar-refractivity contribution is 0.574. The third-order valence-corrected chi connectivity index (χ3v) is 5.18. The first kappa shape index (κ1) is 16.5. The molecule has 2 rings (SSSR count). The van der Waals surface area contributed by atoms with Gasteiger partial charge in [-0.1, -0.05) is 24.3 Å². The van der Waals surface area contributed by atoms with Crippen molar-refractivity contribution >= 4 is 32.4 Å². The molecule has 0 amide bonds. The molecule has 21 heavy (non-hydrogen) atoms. The minimum Gasteiger partial charge on any atom is -0.306 e. The third-order valence-electron chi connectivity index (χ3n) is 3.33. The van der Waals surface area contributed by atoms with Gasteiger partial charge in [-0.15, -0.1) is 0 Å². The number of benzene rings is 2. The Balaban J connectivity index is 1.98. The summed E-state index contributed by atoms with van der Waals surface area (Å²) < 4.78 is 24.0. The van der Waals surface area contributed by atoms with E-state index in [1.165, 1.54) is 15.4 Å². The summed E-state index contributed by atoms with van der Waals surface area (Å²) in [6.45, 7) is 2.82. The molecule has 2 aromatic rings. The SMILES string of the molecule is CC(NCc1ccc(S(C)(=O)=O)cc1)c1ccc(I)cc1. The number of rotatable bonds is 5. The van der Waals surface area contributed by atoms with Crippen LogP contribution in [0.1, 0.15) is 24.1 Å². The van der Waals surface area contributed by atoms with Crippen molar-refractivity contribution in [2.24, 2.45) is 0 Å². The van der Waals surface area contributed by atoms with E-state index in [4.69, 9.17) is 0 Å². The van der Waals surface area contributed by atoms with Gasteiger partial charge in [-0.25, -0.2) is 8.42 Å². The topological polar surface area (TPSA) is 46.2 Å². The Morgan fingerprint density at radius 2 is 1.62 bits per heavy atom. The average Bonchev–Trinajstić information content (AvgIpc) is 2.45. The fourth-order valence-electron chi connectivity index (χ4n) is 1.99. The van der Waals surface area contributed by atoms with Crippen LogP contribution in [-0.4, -0.2) is 14.7 Å². The van der Waals surface area contributed by atoms with Gasteiger partial charge < -0.3 is 5.32 Å². The van der Waals surface area contributed by atoms with Crippen LogP contribution in [0.5, 0.6) is 0 Å². The van der Waals surface area contributed by atoms with Gasteiger partial charge in [0.15, 0.2) is 9.84 Å². The van der Waals surface area contributed by atoms with E-state index >= 15 is 0 Å². The molecule has 0 aliphatic rings. The molecule has 0 aliphatic heterocycles. The molecule has 0 spiro atoms. The van der Waals surface area contributed by atoms with Crippen LogP contribution < -0.4 is 5.32 Å². The lowest BCUT2D eigenvalue weighted by Crippen LogP contribution is -2.18. The van der Waals surface area contributed by atoms with E-state index in [2.05, 4.69) is 59.1 Å². The van der Waals surface area contributed by atoms with Crippen LogP contribution in [0.15, 0.2) is 53.4 Å². The summed E-state index contributed by atoms with van der Waals surface area (Å²) in [5.74, 6) is 0. The molecule has 0 saturated carbocycles. The lowest BCUT2D eigenvalue weighted by Gasteiger charge is -2.14. The van der Waals surface area contributed by atoms with E-state index in [9.17, 15) is 8.42 Å². The van der Waals surface area contributed by atoms with Gasteiger partial charge in [-0.3, -0.25) is 0 Å². The smallest absolute Gasteiger partial charge is 0.175 e. The van der Waals surface area contributed by atoms with Crippen LogP contribution in [0.4, 0.5) is 0 Å². The van der Waals surface area contributed by atoms with Crippen LogP contribution >= 0.6 is 22.6 Å². The van der Waals surface area contributed by atoms with Gasteiger partial charge in [0, 0.05) is 22.4 Å². The van der Waals surface area contributed by atoms with E-state index in [1.54, 1.807) is 12.1 Å². The summed E-state index contributed by atoms with van der Waals surface area (Å²) in [7, 11) is -3.12. The molecule has 1 unspecified atom stereocenters. The van der Waals surface area contributed by atoms with Crippen molar-refractivity contribution in [3.8, 4) is 0 Å². The van der Waals surface area contributed by atoms with Crippen molar-refractivity contribution in [2.75, 3.05) is 6.26 Å². The van der Waals surface area contributed by atoms with Gasteiger partial charge in [-0.2, -0.15) is 0 Å². The quantitative estimate of drug-likeness (QED) is 0.760. The molecule has 0 fully saturated rings. The summed E-state index contributed by atoms with van der Waals surface area (Å²) in [6, 6.07) is 15.7. The number of halogens is 1. The Labute approximate surface area is 139 Å². The maximum atomic E-state index is 11.4. The lowest BCUT2D eigenvalue weighted by atomic mass is 10.1. The van der Waals surface area contributed by atoms with Gasteiger partial charge in [0.05, 0.1) is 4.90 Å². The second-order valence-electron chi connectivity index (χ2n) is 5.07. The Bertz CT molecular complexity index is 694. The van der Waals surface area contributed by atoms with Gasteiger partial charge in [0.25, 0.3) is 0 Å². The minimum absolute atomic E-state index is 0.247. The third kappa shape index (κ3) is 4.79. The van der Waals surface area contributed by atoms with Gasteiger partial charge in [0.1, 0.15) is 0 Å². The largest absolute Gasteiger partial charge is 0.306 e. The van der Waals surface area contributed by atoms with Crippen molar-refractivity contribution in [1.82, 2.24) is 5.32 Å². The van der Waals surface area contributed by atoms with Gasteiger partial charge >= 0.3 is 0 Å². The molecule has 112 valence electrons. The zero-order valence-corrected chi connectivity index (χ0v) is 15.0. The molecule has 3 nitrogen and oxygen atoms in total. The molecule has 0 heterocycles. The van der Waals surface area contributed by atoms with Gasteiger partial charge in [-0.05, 0) is 64.9 Å². The molecule has 1 N–H and O–H groups in total. The van der Waals surface area contributed by atoms with Crippen molar-refractivity contribution < 1.29 is 8.42 Å². The van der Waals surface area contributed by atoms with Crippen LogP contribution in [-0.2, 0) is 16.4 Å². The van der Waals surface area contributed by atoms with Crippen LogP contribution in [0.3, 0.4) is 0 Å². The second kappa shape index (κ2) is 6.89. The van der Waals surface area contributed by atoms with E-state index in [1.807, 2.05) is 12.1 Å². The maximum Gasteiger partial charge on any atom is 0.175 e. The predicted molar refractivity (Wildman–Crippen MR) is 94.0 cm³/mol. The summed E-state index contributed by atoms with van der Waals surface area (Å²) in [4.78, 5) is 0.358. The van der Waals surface area contributed by atoms with E-state index < -0.39 is 9.84 Å². The fraction of sp³-hybridized carbons (Fsp3) is 0.250.